The van der Waals surface area contributed by atoms with Gasteiger partial charge in [-0.25, -0.2) is 9.59 Å². The van der Waals surface area contributed by atoms with Gasteiger partial charge in [-0.3, -0.25) is 14.6 Å². The summed E-state index contributed by atoms with van der Waals surface area (Å²) in [4.78, 5) is 41.2. The van der Waals surface area contributed by atoms with Crippen molar-refractivity contribution in [3.8, 4) is 0 Å². The minimum Gasteiger partial charge on any atom is -0.448 e. The Balaban J connectivity index is 1.77. The number of esters is 1. The highest BCUT2D eigenvalue weighted by molar-refractivity contribution is 8.00. The lowest BCUT2D eigenvalue weighted by molar-refractivity contribution is -0.153. The maximum absolute atomic E-state index is 13.7. The van der Waals surface area contributed by atoms with Crippen LogP contribution in [0.5, 0.6) is 0 Å². The van der Waals surface area contributed by atoms with Crippen molar-refractivity contribution in [3.63, 3.8) is 0 Å². The average Bonchev–Trinajstić information content (AvgIpc) is 2.82. The molecule has 1 fully saturated rings. The number of amides is 3. The molecule has 1 saturated heterocycles. The van der Waals surface area contributed by atoms with Crippen LogP contribution in [0.3, 0.4) is 0 Å². The van der Waals surface area contributed by atoms with Crippen LogP contribution in [-0.4, -0.2) is 50.9 Å². The van der Waals surface area contributed by atoms with Gasteiger partial charge in [0.25, 0.3) is 0 Å². The van der Waals surface area contributed by atoms with E-state index in [0.717, 1.165) is 11.1 Å². The Morgan fingerprint density at radius 1 is 1.06 bits per heavy atom. The van der Waals surface area contributed by atoms with Crippen LogP contribution in [0.2, 0.25) is 0 Å². The summed E-state index contributed by atoms with van der Waals surface area (Å²) >= 11 is 1.39. The van der Waals surface area contributed by atoms with E-state index in [4.69, 9.17) is 16.2 Å². The molecule has 4 rings (SSSR count). The van der Waals surface area contributed by atoms with Gasteiger partial charge in [-0.2, -0.15) is 0 Å². The van der Waals surface area contributed by atoms with Gasteiger partial charge in [-0.1, -0.05) is 60.7 Å². The molecule has 2 atom stereocenters. The highest BCUT2D eigenvalue weighted by Gasteiger charge is 2.53. The fourth-order valence-corrected chi connectivity index (χ4v) is 5.41. The quantitative estimate of drug-likeness (QED) is 0.499. The minimum absolute atomic E-state index is 0.0230. The van der Waals surface area contributed by atoms with Crippen molar-refractivity contribution in [2.45, 2.75) is 37.4 Å². The highest BCUT2D eigenvalue weighted by Crippen LogP contribution is 2.42. The lowest BCUT2D eigenvalue weighted by Crippen LogP contribution is -2.69. The van der Waals surface area contributed by atoms with Gasteiger partial charge in [0, 0.05) is 11.8 Å². The molecular weight excluding hydrogens is 440 g/mol. The third-order valence-corrected chi connectivity index (χ3v) is 6.94. The predicted octanol–water partition coefficient (Wildman–Crippen LogP) is 2.56. The SMILES string of the molecule is CC(C)N(C(N)=O)C1=C(C(=O)OC(c2ccccc2)c2ccccc2)N2C(=O)C(N)[C@H]2SC1. The number of nitrogens with zero attached hydrogens (tertiary/aromatic N) is 2. The number of rotatable bonds is 6. The number of hydrogen-bond donors (Lipinski definition) is 2. The maximum atomic E-state index is 13.7. The molecule has 8 nitrogen and oxygen atoms in total. The Bertz CT molecular complexity index is 1050. The zero-order valence-electron chi connectivity index (χ0n) is 18.4. The van der Waals surface area contributed by atoms with E-state index in [9.17, 15) is 14.4 Å². The predicted molar refractivity (Wildman–Crippen MR) is 125 cm³/mol. The summed E-state index contributed by atoms with van der Waals surface area (Å²) < 4.78 is 6.02. The van der Waals surface area contributed by atoms with Gasteiger partial charge in [-0.05, 0) is 25.0 Å². The Hall–Kier alpha value is -3.30. The van der Waals surface area contributed by atoms with E-state index in [1.165, 1.54) is 21.6 Å². The standard InChI is InChI=1S/C24H26N4O4S/c1-14(2)27(24(26)31)17-13-33-22-18(25)21(29)28(22)19(17)23(30)32-20(15-9-5-3-6-10-15)16-11-7-4-8-12-16/h3-12,14,18,20,22H,13,25H2,1-2H3,(H2,26,31)/t18?,22-/m1/s1. The Labute approximate surface area is 196 Å². The van der Waals surface area contributed by atoms with Gasteiger partial charge in [0.15, 0.2) is 11.8 Å². The summed E-state index contributed by atoms with van der Waals surface area (Å²) in [5, 5.41) is -0.391. The third-order valence-electron chi connectivity index (χ3n) is 5.66. The molecule has 0 aromatic heterocycles. The van der Waals surface area contributed by atoms with Gasteiger partial charge in [0.05, 0.1) is 5.70 Å². The highest BCUT2D eigenvalue weighted by atomic mass is 32.2. The van der Waals surface area contributed by atoms with Crippen LogP contribution in [0.4, 0.5) is 4.79 Å². The molecule has 33 heavy (non-hydrogen) atoms. The van der Waals surface area contributed by atoms with Crippen molar-refractivity contribution in [2.75, 3.05) is 5.75 Å². The summed E-state index contributed by atoms with van der Waals surface area (Å²) in [6.45, 7) is 3.58. The number of primary amides is 1. The van der Waals surface area contributed by atoms with Crippen molar-refractivity contribution >= 4 is 29.7 Å². The first-order valence-corrected chi connectivity index (χ1v) is 11.7. The zero-order chi connectivity index (χ0) is 23.7. The molecule has 0 bridgehead atoms. The maximum Gasteiger partial charge on any atom is 0.357 e. The average molecular weight is 467 g/mol. The molecule has 2 aliphatic rings. The second-order valence-electron chi connectivity index (χ2n) is 8.14. The van der Waals surface area contributed by atoms with Gasteiger partial charge in [0.1, 0.15) is 11.4 Å². The van der Waals surface area contributed by atoms with Crippen LogP contribution in [0, 0.1) is 0 Å². The summed E-state index contributed by atoms with van der Waals surface area (Å²) in [6.07, 6.45) is -0.701. The van der Waals surface area contributed by atoms with Crippen LogP contribution in [0.25, 0.3) is 0 Å². The van der Waals surface area contributed by atoms with Crippen LogP contribution in [-0.2, 0) is 14.3 Å². The molecule has 172 valence electrons. The Morgan fingerprint density at radius 3 is 2.09 bits per heavy atom. The van der Waals surface area contributed by atoms with E-state index in [2.05, 4.69) is 0 Å². The van der Waals surface area contributed by atoms with Gasteiger partial charge in [0.2, 0.25) is 5.91 Å². The number of hydrogen-bond acceptors (Lipinski definition) is 6. The first-order valence-electron chi connectivity index (χ1n) is 10.6. The van der Waals surface area contributed by atoms with Crippen molar-refractivity contribution in [2.24, 2.45) is 11.5 Å². The fourth-order valence-electron chi connectivity index (χ4n) is 4.12. The number of β-lactam (4-membered cyclic amide) rings is 1. The number of benzene rings is 2. The lowest BCUT2D eigenvalue weighted by atomic mass is 10.0. The smallest absolute Gasteiger partial charge is 0.357 e. The second-order valence-corrected chi connectivity index (χ2v) is 9.24. The normalized spacial score (nSPS) is 19.9. The molecule has 0 radical (unpaired) electrons. The molecule has 0 saturated carbocycles. The summed E-state index contributed by atoms with van der Waals surface area (Å²) in [6, 6.07) is 17.0. The molecule has 0 aliphatic carbocycles. The molecule has 9 heteroatoms. The summed E-state index contributed by atoms with van der Waals surface area (Å²) in [5.41, 5.74) is 13.5. The number of carbonyl (C=O) groups excluding carboxylic acids is 3. The molecule has 0 spiro atoms. The van der Waals surface area contributed by atoms with E-state index in [1.807, 2.05) is 60.7 Å². The molecule has 2 aliphatic heterocycles. The summed E-state index contributed by atoms with van der Waals surface area (Å²) in [5.74, 6) is -0.796. The molecule has 4 N–H and O–H groups in total. The van der Waals surface area contributed by atoms with Crippen molar-refractivity contribution in [3.05, 3.63) is 83.2 Å². The van der Waals surface area contributed by atoms with Crippen LogP contribution < -0.4 is 11.5 Å². The molecule has 2 aromatic carbocycles. The van der Waals surface area contributed by atoms with Gasteiger partial charge in [-0.15, -0.1) is 11.8 Å². The number of carbonyl (C=O) groups is 3. The van der Waals surface area contributed by atoms with E-state index in [1.54, 1.807) is 13.8 Å². The largest absolute Gasteiger partial charge is 0.448 e. The molecule has 1 unspecified atom stereocenters. The van der Waals surface area contributed by atoms with Gasteiger partial charge >= 0.3 is 12.0 Å². The number of fused-ring (bicyclic) bond motifs is 1. The van der Waals surface area contributed by atoms with Crippen molar-refractivity contribution in [1.29, 1.82) is 0 Å². The third kappa shape index (κ3) is 4.21. The fraction of sp³-hybridized carbons (Fsp3) is 0.292. The van der Waals surface area contributed by atoms with Gasteiger partial charge < -0.3 is 16.2 Å². The van der Waals surface area contributed by atoms with Crippen LogP contribution in [0.1, 0.15) is 31.1 Å². The molecular formula is C24H26N4O4S. The first kappa shape index (κ1) is 22.9. The Morgan fingerprint density at radius 2 is 1.61 bits per heavy atom. The van der Waals surface area contributed by atoms with E-state index < -0.39 is 29.5 Å². The lowest BCUT2D eigenvalue weighted by Gasteiger charge is -2.49. The van der Waals surface area contributed by atoms with Crippen molar-refractivity contribution in [1.82, 2.24) is 9.80 Å². The number of nitrogens with two attached hydrogens (primary N) is 2. The zero-order valence-corrected chi connectivity index (χ0v) is 19.2. The second kappa shape index (κ2) is 9.29. The minimum atomic E-state index is -0.709. The monoisotopic (exact) mass is 466 g/mol. The number of ether oxygens (including phenoxy) is 1. The van der Waals surface area contributed by atoms with Crippen molar-refractivity contribution < 1.29 is 19.1 Å². The summed E-state index contributed by atoms with van der Waals surface area (Å²) in [7, 11) is 0. The number of urea groups is 1. The van der Waals surface area contributed by atoms with E-state index >= 15 is 0 Å². The van der Waals surface area contributed by atoms with E-state index in [0.29, 0.717) is 11.4 Å². The molecule has 2 aromatic rings. The number of thioether (sulfide) groups is 1. The Kier molecular flexibility index (Phi) is 6.44. The van der Waals surface area contributed by atoms with Crippen LogP contribution >= 0.6 is 11.8 Å². The topological polar surface area (TPSA) is 119 Å². The van der Waals surface area contributed by atoms with E-state index in [-0.39, 0.29) is 17.6 Å². The molecule has 2 heterocycles. The first-order chi connectivity index (χ1) is 15.8. The molecule has 3 amide bonds. The van der Waals surface area contributed by atoms with Crippen LogP contribution in [0.15, 0.2) is 72.1 Å².